The van der Waals surface area contributed by atoms with Crippen LogP contribution in [0, 0.1) is 5.92 Å². The third-order valence-electron chi connectivity index (χ3n) is 4.04. The van der Waals surface area contributed by atoms with Gasteiger partial charge in [0, 0.05) is 12.5 Å². The molecule has 1 heterocycles. The molecule has 1 saturated heterocycles. The molecule has 0 spiro atoms. The molecule has 1 N–H and O–H groups in total. The summed E-state index contributed by atoms with van der Waals surface area (Å²) in [6, 6.07) is 9.06. The van der Waals surface area contributed by atoms with Gasteiger partial charge in [-0.05, 0) is 25.3 Å². The second-order valence-electron chi connectivity index (χ2n) is 5.59. The van der Waals surface area contributed by atoms with E-state index in [4.69, 9.17) is 0 Å². The maximum Gasteiger partial charge on any atom is 0.268 e. The molecule has 1 aromatic carbocycles. The zero-order valence-electron chi connectivity index (χ0n) is 12.5. The average Bonchev–Trinajstić information content (AvgIpc) is 2.84. The molecular formula is C16H22N2O3. The molecule has 114 valence electrons. The van der Waals surface area contributed by atoms with E-state index in [0.29, 0.717) is 13.0 Å². The van der Waals surface area contributed by atoms with Gasteiger partial charge < -0.3 is 4.90 Å². The van der Waals surface area contributed by atoms with E-state index in [2.05, 4.69) is 0 Å². The van der Waals surface area contributed by atoms with Crippen LogP contribution in [0.15, 0.2) is 30.3 Å². The lowest BCUT2D eigenvalue weighted by molar-refractivity contribution is -0.172. The smallest absolute Gasteiger partial charge is 0.268 e. The van der Waals surface area contributed by atoms with Crippen LogP contribution in [-0.2, 0) is 16.0 Å². The Kier molecular flexibility index (Phi) is 4.96. The predicted molar refractivity (Wildman–Crippen MR) is 78.6 cm³/mol. The summed E-state index contributed by atoms with van der Waals surface area (Å²) in [7, 11) is 0. The summed E-state index contributed by atoms with van der Waals surface area (Å²) in [5.74, 6) is -0.461. The average molecular weight is 290 g/mol. The van der Waals surface area contributed by atoms with Gasteiger partial charge in [-0.2, -0.15) is 0 Å². The number of carbonyl (C=O) groups excluding carboxylic acids is 2. The second kappa shape index (κ2) is 6.72. The Morgan fingerprint density at radius 3 is 2.67 bits per heavy atom. The standard InChI is InChI=1S/C16H22N2O3/c1-12-8-10-17(15(12)19)13(2)16(20)18(21)11-9-14-6-4-3-5-7-14/h3-7,12-13,21H,8-11H2,1-2H3/t12?,13-/m1/s1. The van der Waals surface area contributed by atoms with Gasteiger partial charge in [-0.15, -0.1) is 0 Å². The minimum absolute atomic E-state index is 0.00712. The first kappa shape index (κ1) is 15.5. The van der Waals surface area contributed by atoms with Crippen LogP contribution in [0.2, 0.25) is 0 Å². The van der Waals surface area contributed by atoms with E-state index in [-0.39, 0.29) is 18.4 Å². The highest BCUT2D eigenvalue weighted by atomic mass is 16.5. The van der Waals surface area contributed by atoms with Crippen molar-refractivity contribution in [1.29, 1.82) is 0 Å². The Balaban J connectivity index is 1.88. The third-order valence-corrected chi connectivity index (χ3v) is 4.04. The fraction of sp³-hybridized carbons (Fsp3) is 0.500. The first-order valence-corrected chi connectivity index (χ1v) is 7.35. The van der Waals surface area contributed by atoms with E-state index in [9.17, 15) is 14.8 Å². The zero-order chi connectivity index (χ0) is 15.4. The lowest BCUT2D eigenvalue weighted by atomic mass is 10.1. The van der Waals surface area contributed by atoms with Gasteiger partial charge in [0.05, 0.1) is 6.54 Å². The number of nitrogens with zero attached hydrogens (tertiary/aromatic N) is 2. The highest BCUT2D eigenvalue weighted by Crippen LogP contribution is 2.20. The molecule has 1 aliphatic rings. The molecular weight excluding hydrogens is 268 g/mol. The molecule has 2 rings (SSSR count). The van der Waals surface area contributed by atoms with Crippen molar-refractivity contribution in [2.45, 2.75) is 32.7 Å². The van der Waals surface area contributed by atoms with Crippen LogP contribution in [0.3, 0.4) is 0 Å². The molecule has 2 amide bonds. The van der Waals surface area contributed by atoms with Crippen LogP contribution in [0.25, 0.3) is 0 Å². The third kappa shape index (κ3) is 3.61. The topological polar surface area (TPSA) is 60.9 Å². The molecule has 0 aliphatic carbocycles. The molecule has 0 bridgehead atoms. The van der Waals surface area contributed by atoms with E-state index in [1.54, 1.807) is 11.8 Å². The van der Waals surface area contributed by atoms with Gasteiger partial charge in [-0.3, -0.25) is 14.8 Å². The number of amides is 2. The SMILES string of the molecule is CC1CCN([C@H](C)C(=O)N(O)CCc2ccccc2)C1=O. The van der Waals surface area contributed by atoms with E-state index in [0.717, 1.165) is 17.0 Å². The van der Waals surface area contributed by atoms with Crippen LogP contribution in [0.1, 0.15) is 25.8 Å². The molecule has 0 saturated carbocycles. The first-order valence-electron chi connectivity index (χ1n) is 7.35. The summed E-state index contributed by atoms with van der Waals surface area (Å²) in [6.45, 7) is 4.35. The largest absolute Gasteiger partial charge is 0.331 e. The van der Waals surface area contributed by atoms with Gasteiger partial charge in [-0.1, -0.05) is 37.3 Å². The number of benzene rings is 1. The van der Waals surface area contributed by atoms with Crippen LogP contribution >= 0.6 is 0 Å². The lowest BCUT2D eigenvalue weighted by Gasteiger charge is -2.27. The minimum Gasteiger partial charge on any atom is -0.331 e. The summed E-state index contributed by atoms with van der Waals surface area (Å²) < 4.78 is 0. The molecule has 5 heteroatoms. The highest BCUT2D eigenvalue weighted by Gasteiger charge is 2.35. The van der Waals surface area contributed by atoms with Gasteiger partial charge >= 0.3 is 0 Å². The lowest BCUT2D eigenvalue weighted by Crippen LogP contribution is -2.47. The maximum atomic E-state index is 12.2. The molecule has 1 unspecified atom stereocenters. The molecule has 1 aromatic rings. The normalized spacial score (nSPS) is 19.7. The molecule has 1 aliphatic heterocycles. The van der Waals surface area contributed by atoms with Crippen molar-refractivity contribution in [2.24, 2.45) is 5.92 Å². The number of likely N-dealkylation sites (tertiary alicyclic amines) is 1. The molecule has 1 fully saturated rings. The van der Waals surface area contributed by atoms with Crippen LogP contribution in [0.4, 0.5) is 0 Å². The number of rotatable bonds is 5. The van der Waals surface area contributed by atoms with Crippen molar-refractivity contribution in [3.8, 4) is 0 Å². The minimum atomic E-state index is -0.608. The van der Waals surface area contributed by atoms with Gasteiger partial charge in [-0.25, -0.2) is 5.06 Å². The summed E-state index contributed by atoms with van der Waals surface area (Å²) in [4.78, 5) is 25.7. The number of hydrogen-bond donors (Lipinski definition) is 1. The Hall–Kier alpha value is -1.88. The van der Waals surface area contributed by atoms with Gasteiger partial charge in [0.1, 0.15) is 6.04 Å². The Labute approximate surface area is 125 Å². The van der Waals surface area contributed by atoms with E-state index < -0.39 is 11.9 Å². The van der Waals surface area contributed by atoms with Crippen molar-refractivity contribution >= 4 is 11.8 Å². The summed E-state index contributed by atoms with van der Waals surface area (Å²) in [5, 5.41) is 10.6. The number of hydrogen-bond acceptors (Lipinski definition) is 3. The quantitative estimate of drug-likeness (QED) is 0.663. The molecule has 21 heavy (non-hydrogen) atoms. The van der Waals surface area contributed by atoms with E-state index >= 15 is 0 Å². The molecule has 0 radical (unpaired) electrons. The maximum absolute atomic E-state index is 12.2. The highest BCUT2D eigenvalue weighted by molar-refractivity contribution is 5.88. The monoisotopic (exact) mass is 290 g/mol. The predicted octanol–water partition coefficient (Wildman–Crippen LogP) is 1.70. The van der Waals surface area contributed by atoms with Crippen LogP contribution in [0.5, 0.6) is 0 Å². The summed E-state index contributed by atoms with van der Waals surface area (Å²) in [6.07, 6.45) is 1.35. The number of carbonyl (C=O) groups is 2. The first-order chi connectivity index (χ1) is 10.0. The molecule has 0 aromatic heterocycles. The van der Waals surface area contributed by atoms with Crippen molar-refractivity contribution < 1.29 is 14.8 Å². The van der Waals surface area contributed by atoms with Crippen molar-refractivity contribution in [1.82, 2.24) is 9.96 Å². The molecule has 5 nitrogen and oxygen atoms in total. The van der Waals surface area contributed by atoms with Gasteiger partial charge in [0.2, 0.25) is 5.91 Å². The Morgan fingerprint density at radius 2 is 2.10 bits per heavy atom. The Morgan fingerprint density at radius 1 is 1.43 bits per heavy atom. The van der Waals surface area contributed by atoms with Gasteiger partial charge in [0.25, 0.3) is 5.91 Å². The fourth-order valence-electron chi connectivity index (χ4n) is 2.57. The summed E-state index contributed by atoms with van der Waals surface area (Å²) >= 11 is 0. The fourth-order valence-corrected chi connectivity index (χ4v) is 2.57. The van der Waals surface area contributed by atoms with Gasteiger partial charge in [0.15, 0.2) is 0 Å². The van der Waals surface area contributed by atoms with Crippen molar-refractivity contribution in [3.63, 3.8) is 0 Å². The van der Waals surface area contributed by atoms with Crippen LogP contribution < -0.4 is 0 Å². The van der Waals surface area contributed by atoms with E-state index in [1.165, 1.54) is 0 Å². The van der Waals surface area contributed by atoms with Crippen molar-refractivity contribution in [2.75, 3.05) is 13.1 Å². The molecule has 2 atom stereocenters. The van der Waals surface area contributed by atoms with Crippen molar-refractivity contribution in [3.05, 3.63) is 35.9 Å². The second-order valence-corrected chi connectivity index (χ2v) is 5.59. The summed E-state index contributed by atoms with van der Waals surface area (Å²) in [5.41, 5.74) is 1.06. The van der Waals surface area contributed by atoms with E-state index in [1.807, 2.05) is 37.3 Å². The zero-order valence-corrected chi connectivity index (χ0v) is 12.5. The number of hydroxylamine groups is 2. The Bertz CT molecular complexity index is 504. The van der Waals surface area contributed by atoms with Crippen LogP contribution in [-0.4, -0.2) is 46.1 Å².